The van der Waals surface area contributed by atoms with Crippen molar-refractivity contribution in [2.24, 2.45) is 5.92 Å². The van der Waals surface area contributed by atoms with Gasteiger partial charge in [-0.15, -0.1) is 0 Å². The van der Waals surface area contributed by atoms with Gasteiger partial charge in [0.2, 0.25) is 0 Å². The van der Waals surface area contributed by atoms with Crippen molar-refractivity contribution >= 4 is 5.91 Å². The Kier molecular flexibility index (Phi) is 4.82. The Hall–Kier alpha value is -4.15. The molecular weight excluding hydrogens is 426 g/mol. The van der Waals surface area contributed by atoms with E-state index in [0.29, 0.717) is 30.8 Å². The third-order valence-electron chi connectivity index (χ3n) is 6.87. The molecule has 1 fully saturated rings. The number of imidazole rings is 1. The molecule has 34 heavy (non-hydrogen) atoms. The number of nitrogens with zero attached hydrogens (tertiary/aromatic N) is 5. The number of rotatable bonds is 3. The van der Waals surface area contributed by atoms with E-state index in [1.54, 1.807) is 6.20 Å². The van der Waals surface area contributed by atoms with Crippen LogP contribution in [0.5, 0.6) is 0 Å². The number of likely N-dealkylation sites (tertiary alicyclic amines) is 1. The summed E-state index contributed by atoms with van der Waals surface area (Å²) in [4.78, 5) is 19.6. The molecule has 1 amide bonds. The highest BCUT2D eigenvalue weighted by Gasteiger charge is 2.28. The highest BCUT2D eigenvalue weighted by molar-refractivity contribution is 5.95. The number of aliphatic hydroxyl groups is 1. The summed E-state index contributed by atoms with van der Waals surface area (Å²) in [5.41, 5.74) is 6.45. The molecule has 7 heteroatoms. The molecule has 6 rings (SSSR count). The largest absolute Gasteiger partial charge is 0.396 e. The average Bonchev–Trinajstić information content (AvgIpc) is 3.62. The number of benzene rings is 2. The number of aliphatic hydroxyl groups excluding tert-OH is 1. The van der Waals surface area contributed by atoms with E-state index in [9.17, 15) is 9.90 Å². The number of amides is 1. The Labute approximate surface area is 197 Å². The predicted molar refractivity (Wildman–Crippen MR) is 127 cm³/mol. The van der Waals surface area contributed by atoms with E-state index in [1.807, 2.05) is 53.6 Å². The Morgan fingerprint density at radius 1 is 1.15 bits per heavy atom. The maximum absolute atomic E-state index is 13.2. The van der Waals surface area contributed by atoms with E-state index in [-0.39, 0.29) is 18.4 Å². The van der Waals surface area contributed by atoms with Crippen LogP contribution in [-0.4, -0.2) is 49.7 Å². The Morgan fingerprint density at radius 2 is 2.00 bits per heavy atom. The van der Waals surface area contributed by atoms with Crippen LogP contribution in [0, 0.1) is 17.2 Å². The van der Waals surface area contributed by atoms with Crippen molar-refractivity contribution in [2.75, 3.05) is 19.7 Å². The summed E-state index contributed by atoms with van der Waals surface area (Å²) in [7, 11) is 0. The first-order chi connectivity index (χ1) is 16.6. The molecule has 2 aromatic heterocycles. The summed E-state index contributed by atoms with van der Waals surface area (Å²) in [5.74, 6) is 1.03. The van der Waals surface area contributed by atoms with Gasteiger partial charge < -0.3 is 14.6 Å². The molecule has 1 N–H and O–H groups in total. The van der Waals surface area contributed by atoms with E-state index in [2.05, 4.69) is 32.5 Å². The zero-order chi connectivity index (χ0) is 23.2. The van der Waals surface area contributed by atoms with Gasteiger partial charge in [-0.05, 0) is 53.9 Å². The first kappa shape index (κ1) is 20.5. The number of carbonyl (C=O) groups is 1. The molecule has 7 nitrogen and oxygen atoms in total. The molecule has 1 unspecified atom stereocenters. The number of fused-ring (bicyclic) bond motifs is 5. The fraction of sp³-hybridized carbons (Fsp3) is 0.222. The Morgan fingerprint density at radius 3 is 2.76 bits per heavy atom. The molecule has 1 atom stereocenters. The van der Waals surface area contributed by atoms with Gasteiger partial charge in [0.25, 0.3) is 5.91 Å². The first-order valence-corrected chi connectivity index (χ1v) is 11.4. The second-order valence-electron chi connectivity index (χ2n) is 8.98. The Balaban J connectivity index is 1.39. The summed E-state index contributed by atoms with van der Waals surface area (Å²) in [6, 6.07) is 17.7. The molecule has 2 aliphatic heterocycles. The molecule has 4 heterocycles. The quantitative estimate of drug-likeness (QED) is 0.455. The highest BCUT2D eigenvalue weighted by Crippen LogP contribution is 2.34. The van der Waals surface area contributed by atoms with Gasteiger partial charge >= 0.3 is 0 Å². The van der Waals surface area contributed by atoms with Crippen LogP contribution in [0.15, 0.2) is 67.1 Å². The van der Waals surface area contributed by atoms with Gasteiger partial charge in [0.1, 0.15) is 0 Å². The molecule has 0 radical (unpaired) electrons. The average molecular weight is 450 g/mol. The lowest BCUT2D eigenvalue weighted by molar-refractivity contribution is 0.0781. The highest BCUT2D eigenvalue weighted by atomic mass is 16.3. The van der Waals surface area contributed by atoms with E-state index >= 15 is 0 Å². The van der Waals surface area contributed by atoms with Crippen molar-refractivity contribution in [1.29, 1.82) is 5.26 Å². The van der Waals surface area contributed by atoms with Crippen molar-refractivity contribution in [2.45, 2.75) is 13.0 Å². The molecule has 1 saturated heterocycles. The van der Waals surface area contributed by atoms with Crippen LogP contribution in [0.1, 0.15) is 27.9 Å². The SMILES string of the molecule is N#Cc1ccc(-c2cc3n(c2)Cc2cc(C(=O)N4CCC(CO)C4)ccc2-n2ccnc2-3)cc1. The third kappa shape index (κ3) is 3.31. The molecule has 0 aliphatic carbocycles. The predicted octanol–water partition coefficient (Wildman–Crippen LogP) is 3.70. The minimum atomic E-state index is 0.0138. The van der Waals surface area contributed by atoms with Crippen molar-refractivity contribution < 1.29 is 9.90 Å². The minimum Gasteiger partial charge on any atom is -0.396 e. The normalized spacial score (nSPS) is 16.4. The standard InChI is InChI=1S/C27H23N5O2/c28-13-18-1-3-20(4-2-18)22-12-25-26-29-8-10-32(26)24-6-5-21(11-23(24)16-31(25)15-22)27(34)30-9-7-19(14-30)17-33/h1-6,8,10-12,15,19,33H,7,9,14,16-17H2. The fourth-order valence-electron chi connectivity index (χ4n) is 5.02. The second kappa shape index (κ2) is 8.01. The van der Waals surface area contributed by atoms with Gasteiger partial charge in [-0.2, -0.15) is 5.26 Å². The third-order valence-corrected chi connectivity index (χ3v) is 6.87. The number of nitriles is 1. The van der Waals surface area contributed by atoms with Crippen LogP contribution in [0.3, 0.4) is 0 Å². The van der Waals surface area contributed by atoms with Gasteiger partial charge in [0.05, 0.1) is 23.0 Å². The van der Waals surface area contributed by atoms with Gasteiger partial charge in [0, 0.05) is 61.9 Å². The summed E-state index contributed by atoms with van der Waals surface area (Å²) in [5, 5.41) is 18.5. The summed E-state index contributed by atoms with van der Waals surface area (Å²) in [6.07, 6.45) is 6.69. The van der Waals surface area contributed by atoms with Crippen LogP contribution in [0.2, 0.25) is 0 Å². The number of hydrogen-bond acceptors (Lipinski definition) is 4. The van der Waals surface area contributed by atoms with Crippen LogP contribution < -0.4 is 0 Å². The van der Waals surface area contributed by atoms with Crippen molar-refractivity contribution in [1.82, 2.24) is 19.0 Å². The zero-order valence-corrected chi connectivity index (χ0v) is 18.6. The molecule has 0 spiro atoms. The van der Waals surface area contributed by atoms with Gasteiger partial charge in [-0.3, -0.25) is 9.36 Å². The lowest BCUT2D eigenvalue weighted by Gasteiger charge is -2.18. The molecule has 2 aromatic carbocycles. The molecule has 0 bridgehead atoms. The lowest BCUT2D eigenvalue weighted by Crippen LogP contribution is -2.29. The van der Waals surface area contributed by atoms with E-state index in [1.165, 1.54) is 0 Å². The molecule has 0 saturated carbocycles. The lowest BCUT2D eigenvalue weighted by atomic mass is 10.1. The molecule has 2 aliphatic rings. The van der Waals surface area contributed by atoms with Crippen LogP contribution in [-0.2, 0) is 6.54 Å². The van der Waals surface area contributed by atoms with Gasteiger partial charge in [-0.1, -0.05) is 12.1 Å². The second-order valence-corrected chi connectivity index (χ2v) is 8.98. The van der Waals surface area contributed by atoms with E-state index in [0.717, 1.165) is 40.3 Å². The zero-order valence-electron chi connectivity index (χ0n) is 18.6. The summed E-state index contributed by atoms with van der Waals surface area (Å²) >= 11 is 0. The summed E-state index contributed by atoms with van der Waals surface area (Å²) < 4.78 is 4.24. The maximum Gasteiger partial charge on any atom is 0.253 e. The van der Waals surface area contributed by atoms with Crippen LogP contribution in [0.25, 0.3) is 28.3 Å². The number of carbonyl (C=O) groups excluding carboxylic acids is 1. The van der Waals surface area contributed by atoms with Gasteiger partial charge in [-0.25, -0.2) is 4.98 Å². The van der Waals surface area contributed by atoms with Crippen LogP contribution in [0.4, 0.5) is 0 Å². The minimum absolute atomic E-state index is 0.0138. The number of aromatic nitrogens is 3. The van der Waals surface area contributed by atoms with Crippen molar-refractivity contribution in [3.05, 3.63) is 83.8 Å². The van der Waals surface area contributed by atoms with Crippen molar-refractivity contribution in [3.63, 3.8) is 0 Å². The molecule has 168 valence electrons. The topological polar surface area (TPSA) is 87.1 Å². The molecule has 4 aromatic rings. The molecular formula is C27H23N5O2. The van der Waals surface area contributed by atoms with E-state index in [4.69, 9.17) is 5.26 Å². The first-order valence-electron chi connectivity index (χ1n) is 11.4. The van der Waals surface area contributed by atoms with Crippen LogP contribution >= 0.6 is 0 Å². The van der Waals surface area contributed by atoms with Gasteiger partial charge in [0.15, 0.2) is 5.82 Å². The van der Waals surface area contributed by atoms with E-state index < -0.39 is 0 Å². The summed E-state index contributed by atoms with van der Waals surface area (Å²) in [6.45, 7) is 2.02. The monoisotopic (exact) mass is 449 g/mol. The number of hydrogen-bond donors (Lipinski definition) is 1. The van der Waals surface area contributed by atoms with Crippen molar-refractivity contribution in [3.8, 4) is 34.4 Å². The Bertz CT molecular complexity index is 1440. The maximum atomic E-state index is 13.2. The fourth-order valence-corrected chi connectivity index (χ4v) is 5.02. The smallest absolute Gasteiger partial charge is 0.253 e.